The number of hydrogen-bond acceptors (Lipinski definition) is 3. The molecule has 0 saturated carbocycles. The van der Waals surface area contributed by atoms with Crippen LogP contribution in [-0.4, -0.2) is 37.7 Å². The monoisotopic (exact) mass is 376 g/mol. The molecule has 1 aromatic carbocycles. The van der Waals surface area contributed by atoms with E-state index in [0.717, 1.165) is 6.54 Å². The first-order valence-corrected chi connectivity index (χ1v) is 8.59. The maximum Gasteiger partial charge on any atom is 0.387 e. The summed E-state index contributed by atoms with van der Waals surface area (Å²) in [5, 5.41) is 10.1. The van der Waals surface area contributed by atoms with Crippen molar-refractivity contribution in [3.05, 3.63) is 28.8 Å². The molecular weight excluding hydrogens is 350 g/mol. The van der Waals surface area contributed by atoms with E-state index in [1.807, 2.05) is 6.92 Å². The zero-order valence-electron chi connectivity index (χ0n) is 15.1. The SMILES string of the molecule is CCNC(=NCc1cc(Cl)ccc1OC(F)F)NCCNC(C)(C)C. The molecule has 0 unspecified atom stereocenters. The van der Waals surface area contributed by atoms with Crippen LogP contribution < -0.4 is 20.7 Å². The molecule has 0 fully saturated rings. The Labute approximate surface area is 153 Å². The molecule has 1 rings (SSSR count). The van der Waals surface area contributed by atoms with Crippen LogP contribution in [0.15, 0.2) is 23.2 Å². The molecule has 0 saturated heterocycles. The number of guanidine groups is 1. The number of nitrogens with zero attached hydrogens (tertiary/aromatic N) is 1. The number of benzene rings is 1. The normalized spacial score (nSPS) is 12.4. The Hall–Kier alpha value is -1.60. The molecule has 0 heterocycles. The van der Waals surface area contributed by atoms with Crippen LogP contribution in [0.5, 0.6) is 5.75 Å². The lowest BCUT2D eigenvalue weighted by Gasteiger charge is -2.21. The smallest absolute Gasteiger partial charge is 0.387 e. The molecule has 3 N–H and O–H groups in total. The first-order chi connectivity index (χ1) is 11.7. The number of halogens is 3. The van der Waals surface area contributed by atoms with Crippen LogP contribution in [0.25, 0.3) is 0 Å². The summed E-state index contributed by atoms with van der Waals surface area (Å²) in [6, 6.07) is 4.51. The van der Waals surface area contributed by atoms with Gasteiger partial charge in [0, 0.05) is 35.8 Å². The molecule has 0 amide bonds. The van der Waals surface area contributed by atoms with Crippen LogP contribution in [-0.2, 0) is 6.54 Å². The fourth-order valence-electron chi connectivity index (χ4n) is 2.01. The maximum absolute atomic E-state index is 12.5. The van der Waals surface area contributed by atoms with Gasteiger partial charge in [-0.15, -0.1) is 0 Å². The van der Waals surface area contributed by atoms with E-state index < -0.39 is 6.61 Å². The molecule has 0 aromatic heterocycles. The van der Waals surface area contributed by atoms with Crippen LogP contribution in [0.2, 0.25) is 5.02 Å². The summed E-state index contributed by atoms with van der Waals surface area (Å²) < 4.78 is 29.5. The summed E-state index contributed by atoms with van der Waals surface area (Å²) in [6.45, 7) is 7.65. The molecule has 1 aromatic rings. The predicted octanol–water partition coefficient (Wildman–Crippen LogP) is 3.38. The first-order valence-electron chi connectivity index (χ1n) is 8.21. The Bertz CT molecular complexity index is 562. The number of aliphatic imine (C=N–C) groups is 1. The number of nitrogens with one attached hydrogen (secondary N) is 3. The molecule has 0 aliphatic heterocycles. The van der Waals surface area contributed by atoms with Crippen LogP contribution >= 0.6 is 11.6 Å². The van der Waals surface area contributed by atoms with Crippen LogP contribution in [0.1, 0.15) is 33.3 Å². The second-order valence-corrected chi connectivity index (χ2v) is 6.87. The van der Waals surface area contributed by atoms with Gasteiger partial charge in [0.1, 0.15) is 5.75 Å². The van der Waals surface area contributed by atoms with Crippen molar-refractivity contribution < 1.29 is 13.5 Å². The van der Waals surface area contributed by atoms with Crippen molar-refractivity contribution in [3.8, 4) is 5.75 Å². The standard InChI is InChI=1S/C17H27ClF2N4O/c1-5-21-16(22-8-9-24-17(2,3)4)23-11-12-10-13(18)6-7-14(12)25-15(19)20/h6-7,10,15,24H,5,8-9,11H2,1-4H3,(H2,21,22,23). The highest BCUT2D eigenvalue weighted by atomic mass is 35.5. The zero-order chi connectivity index (χ0) is 18.9. The summed E-state index contributed by atoms with van der Waals surface area (Å²) in [5.41, 5.74) is 0.539. The van der Waals surface area contributed by atoms with Crippen molar-refractivity contribution in [1.82, 2.24) is 16.0 Å². The number of alkyl halides is 2. The molecule has 0 atom stereocenters. The summed E-state index contributed by atoms with van der Waals surface area (Å²) in [4.78, 5) is 4.41. The molecule has 0 aliphatic rings. The van der Waals surface area contributed by atoms with E-state index in [1.54, 1.807) is 6.07 Å². The van der Waals surface area contributed by atoms with E-state index in [1.165, 1.54) is 12.1 Å². The second kappa shape index (κ2) is 10.4. The van der Waals surface area contributed by atoms with Crippen LogP contribution in [0.4, 0.5) is 8.78 Å². The van der Waals surface area contributed by atoms with Crippen molar-refractivity contribution in [2.45, 2.75) is 46.4 Å². The average Bonchev–Trinajstić information content (AvgIpc) is 2.50. The Morgan fingerprint density at radius 2 is 1.96 bits per heavy atom. The van der Waals surface area contributed by atoms with Crippen molar-refractivity contribution >= 4 is 17.6 Å². The highest BCUT2D eigenvalue weighted by molar-refractivity contribution is 6.30. The summed E-state index contributed by atoms with van der Waals surface area (Å²) in [6.07, 6.45) is 0. The third-order valence-electron chi connectivity index (χ3n) is 3.06. The van der Waals surface area contributed by atoms with Crippen molar-refractivity contribution in [1.29, 1.82) is 0 Å². The van der Waals surface area contributed by atoms with Crippen molar-refractivity contribution in [2.24, 2.45) is 4.99 Å². The van der Waals surface area contributed by atoms with E-state index in [4.69, 9.17) is 11.6 Å². The van der Waals surface area contributed by atoms with E-state index in [-0.39, 0.29) is 17.8 Å². The number of ether oxygens (including phenoxy) is 1. The summed E-state index contributed by atoms with van der Waals surface area (Å²) in [5.74, 6) is 0.676. The van der Waals surface area contributed by atoms with Gasteiger partial charge in [0.05, 0.1) is 6.54 Å². The fourth-order valence-corrected chi connectivity index (χ4v) is 2.20. The van der Waals surface area contributed by atoms with Gasteiger partial charge in [0.2, 0.25) is 0 Å². The van der Waals surface area contributed by atoms with Gasteiger partial charge in [-0.1, -0.05) is 11.6 Å². The number of rotatable bonds is 8. The second-order valence-electron chi connectivity index (χ2n) is 6.43. The van der Waals surface area contributed by atoms with Gasteiger partial charge in [0.15, 0.2) is 5.96 Å². The molecule has 0 bridgehead atoms. The minimum atomic E-state index is -2.89. The third-order valence-corrected chi connectivity index (χ3v) is 3.30. The molecule has 0 spiro atoms. The minimum Gasteiger partial charge on any atom is -0.434 e. The summed E-state index contributed by atoms with van der Waals surface area (Å²) in [7, 11) is 0. The van der Waals surface area contributed by atoms with Gasteiger partial charge in [-0.05, 0) is 45.9 Å². The Morgan fingerprint density at radius 1 is 1.24 bits per heavy atom. The topological polar surface area (TPSA) is 57.7 Å². The molecule has 0 radical (unpaired) electrons. The highest BCUT2D eigenvalue weighted by Gasteiger charge is 2.11. The quantitative estimate of drug-likeness (QED) is 0.370. The Kier molecular flexibility index (Phi) is 8.92. The lowest BCUT2D eigenvalue weighted by molar-refractivity contribution is -0.0504. The predicted molar refractivity (Wildman–Crippen MR) is 98.7 cm³/mol. The van der Waals surface area contributed by atoms with Gasteiger partial charge in [-0.3, -0.25) is 0 Å². The molecular formula is C17H27ClF2N4O. The lowest BCUT2D eigenvalue weighted by atomic mass is 10.1. The van der Waals surface area contributed by atoms with Crippen molar-refractivity contribution in [3.63, 3.8) is 0 Å². The van der Waals surface area contributed by atoms with Gasteiger partial charge < -0.3 is 20.7 Å². The van der Waals surface area contributed by atoms with Gasteiger partial charge in [0.25, 0.3) is 0 Å². The lowest BCUT2D eigenvalue weighted by Crippen LogP contribution is -2.44. The minimum absolute atomic E-state index is 0.0411. The third kappa shape index (κ3) is 9.45. The number of hydrogen-bond donors (Lipinski definition) is 3. The van der Waals surface area contributed by atoms with Gasteiger partial charge >= 0.3 is 6.61 Å². The van der Waals surface area contributed by atoms with Crippen LogP contribution in [0.3, 0.4) is 0 Å². The Balaban J connectivity index is 2.71. The van der Waals surface area contributed by atoms with E-state index >= 15 is 0 Å². The highest BCUT2D eigenvalue weighted by Crippen LogP contribution is 2.25. The molecule has 142 valence electrons. The maximum atomic E-state index is 12.5. The van der Waals surface area contributed by atoms with E-state index in [2.05, 4.69) is 46.5 Å². The molecule has 0 aliphatic carbocycles. The largest absolute Gasteiger partial charge is 0.434 e. The molecule has 8 heteroatoms. The van der Waals surface area contributed by atoms with Crippen LogP contribution in [0, 0.1) is 0 Å². The van der Waals surface area contributed by atoms with E-state index in [9.17, 15) is 8.78 Å². The average molecular weight is 377 g/mol. The van der Waals surface area contributed by atoms with Crippen molar-refractivity contribution in [2.75, 3.05) is 19.6 Å². The van der Waals surface area contributed by atoms with E-state index in [0.29, 0.717) is 29.6 Å². The first kappa shape index (κ1) is 21.4. The van der Waals surface area contributed by atoms with Gasteiger partial charge in [-0.2, -0.15) is 8.78 Å². The molecule has 25 heavy (non-hydrogen) atoms. The summed E-state index contributed by atoms with van der Waals surface area (Å²) >= 11 is 5.94. The Morgan fingerprint density at radius 3 is 2.56 bits per heavy atom. The molecule has 5 nitrogen and oxygen atoms in total. The zero-order valence-corrected chi connectivity index (χ0v) is 15.9. The van der Waals surface area contributed by atoms with Gasteiger partial charge in [-0.25, -0.2) is 4.99 Å². The fraction of sp³-hybridized carbons (Fsp3) is 0.588.